The van der Waals surface area contributed by atoms with Crippen LogP contribution >= 0.6 is 11.6 Å². The zero-order chi connectivity index (χ0) is 15.8. The Labute approximate surface area is 127 Å². The quantitative estimate of drug-likeness (QED) is 0.851. The topological polar surface area (TPSA) is 101 Å². The van der Waals surface area contributed by atoms with Crippen LogP contribution in [0.5, 0.6) is 0 Å². The number of carboxylic acids is 1. The lowest BCUT2D eigenvalue weighted by Gasteiger charge is -2.13. The largest absolute Gasteiger partial charge is 0.478 e. The number of halogens is 1. The standard InChI is InChI=1S/C13H14ClNO5S/c1-7(12(16)15-8-2-3-8)21(19,20)9-4-5-11(14)10(6-9)13(17)18/h4-8H,2-3H2,1H3,(H,15,16)(H,17,18). The summed E-state index contributed by atoms with van der Waals surface area (Å²) in [5.41, 5.74) is -0.312. The summed E-state index contributed by atoms with van der Waals surface area (Å²) in [4.78, 5) is 22.6. The van der Waals surface area contributed by atoms with Gasteiger partial charge < -0.3 is 10.4 Å². The van der Waals surface area contributed by atoms with E-state index in [2.05, 4.69) is 5.32 Å². The van der Waals surface area contributed by atoms with Crippen LogP contribution in [0.3, 0.4) is 0 Å². The monoisotopic (exact) mass is 331 g/mol. The average molecular weight is 332 g/mol. The van der Waals surface area contributed by atoms with E-state index >= 15 is 0 Å². The minimum absolute atomic E-state index is 0.0509. The fourth-order valence-electron chi connectivity index (χ4n) is 1.74. The molecule has 0 aliphatic heterocycles. The summed E-state index contributed by atoms with van der Waals surface area (Å²) in [6, 6.07) is 3.42. The average Bonchev–Trinajstić information content (AvgIpc) is 3.21. The minimum Gasteiger partial charge on any atom is -0.478 e. The highest BCUT2D eigenvalue weighted by atomic mass is 35.5. The molecule has 2 N–H and O–H groups in total. The number of benzene rings is 1. The summed E-state index contributed by atoms with van der Waals surface area (Å²) in [6.45, 7) is 1.28. The Morgan fingerprint density at radius 3 is 2.52 bits per heavy atom. The van der Waals surface area contributed by atoms with Gasteiger partial charge in [-0.15, -0.1) is 0 Å². The maximum atomic E-state index is 12.4. The molecule has 1 atom stereocenters. The van der Waals surface area contributed by atoms with E-state index in [-0.39, 0.29) is 21.5 Å². The van der Waals surface area contributed by atoms with E-state index < -0.39 is 27.0 Å². The minimum atomic E-state index is -3.96. The van der Waals surface area contributed by atoms with Crippen molar-refractivity contribution in [1.29, 1.82) is 0 Å². The van der Waals surface area contributed by atoms with Crippen LogP contribution in [0.15, 0.2) is 23.1 Å². The summed E-state index contributed by atoms with van der Waals surface area (Å²) in [5, 5.41) is 10.2. The first-order valence-electron chi connectivity index (χ1n) is 6.30. The van der Waals surface area contributed by atoms with Crippen molar-refractivity contribution in [2.24, 2.45) is 0 Å². The summed E-state index contributed by atoms with van der Waals surface area (Å²) in [6.07, 6.45) is 1.70. The highest BCUT2D eigenvalue weighted by Gasteiger charge is 2.33. The number of hydrogen-bond acceptors (Lipinski definition) is 4. The number of amides is 1. The molecule has 1 aromatic rings. The Hall–Kier alpha value is -1.60. The molecular formula is C13H14ClNO5S. The molecule has 8 heteroatoms. The van der Waals surface area contributed by atoms with E-state index in [1.54, 1.807) is 0 Å². The SMILES string of the molecule is CC(C(=O)NC1CC1)S(=O)(=O)c1ccc(Cl)c(C(=O)O)c1. The molecule has 1 aliphatic rings. The van der Waals surface area contributed by atoms with Gasteiger partial charge >= 0.3 is 5.97 Å². The second kappa shape index (κ2) is 5.65. The zero-order valence-corrected chi connectivity index (χ0v) is 12.7. The molecule has 1 fully saturated rings. The van der Waals surface area contributed by atoms with E-state index in [9.17, 15) is 18.0 Å². The molecule has 1 saturated carbocycles. The van der Waals surface area contributed by atoms with Gasteiger partial charge in [-0.3, -0.25) is 4.79 Å². The van der Waals surface area contributed by atoms with Crippen molar-refractivity contribution in [3.05, 3.63) is 28.8 Å². The van der Waals surface area contributed by atoms with Crippen molar-refractivity contribution in [2.75, 3.05) is 0 Å². The van der Waals surface area contributed by atoms with Crippen molar-refractivity contribution >= 4 is 33.3 Å². The van der Waals surface area contributed by atoms with Gasteiger partial charge in [0.05, 0.1) is 15.5 Å². The number of aromatic carboxylic acids is 1. The van der Waals surface area contributed by atoms with E-state index in [1.165, 1.54) is 19.1 Å². The van der Waals surface area contributed by atoms with E-state index in [0.29, 0.717) is 0 Å². The number of carbonyl (C=O) groups is 2. The molecular weight excluding hydrogens is 318 g/mol. The number of rotatable bonds is 5. The molecule has 0 heterocycles. The molecule has 1 unspecified atom stereocenters. The Morgan fingerprint density at radius 1 is 1.38 bits per heavy atom. The van der Waals surface area contributed by atoms with Crippen LogP contribution in [0.4, 0.5) is 0 Å². The van der Waals surface area contributed by atoms with E-state index in [0.717, 1.165) is 18.9 Å². The summed E-state index contributed by atoms with van der Waals surface area (Å²) < 4.78 is 24.7. The van der Waals surface area contributed by atoms with Gasteiger partial charge in [0.15, 0.2) is 9.84 Å². The fourth-order valence-corrected chi connectivity index (χ4v) is 3.23. The van der Waals surface area contributed by atoms with Crippen LogP contribution in [0.1, 0.15) is 30.1 Å². The van der Waals surface area contributed by atoms with Gasteiger partial charge in [0.1, 0.15) is 5.25 Å². The molecule has 0 bridgehead atoms. The molecule has 0 spiro atoms. The van der Waals surface area contributed by atoms with Crippen molar-refractivity contribution < 1.29 is 23.1 Å². The van der Waals surface area contributed by atoms with Gasteiger partial charge in [-0.05, 0) is 38.0 Å². The number of carboxylic acid groups (broad SMARTS) is 1. The van der Waals surface area contributed by atoms with Crippen LogP contribution in [0, 0.1) is 0 Å². The van der Waals surface area contributed by atoms with Gasteiger partial charge in [-0.25, -0.2) is 13.2 Å². The molecule has 6 nitrogen and oxygen atoms in total. The molecule has 1 aromatic carbocycles. The van der Waals surface area contributed by atoms with Crippen LogP contribution in [0.2, 0.25) is 5.02 Å². The smallest absolute Gasteiger partial charge is 0.337 e. The third-order valence-electron chi connectivity index (χ3n) is 3.26. The first kappa shape index (κ1) is 15.8. The molecule has 1 aliphatic carbocycles. The first-order valence-corrected chi connectivity index (χ1v) is 8.23. The Kier molecular flexibility index (Phi) is 4.25. The van der Waals surface area contributed by atoms with Gasteiger partial charge in [0, 0.05) is 6.04 Å². The molecule has 114 valence electrons. The van der Waals surface area contributed by atoms with Crippen molar-refractivity contribution in [1.82, 2.24) is 5.32 Å². The molecule has 0 radical (unpaired) electrons. The Balaban J connectivity index is 2.32. The number of sulfone groups is 1. The van der Waals surface area contributed by atoms with Gasteiger partial charge in [-0.2, -0.15) is 0 Å². The number of carbonyl (C=O) groups excluding carboxylic acids is 1. The van der Waals surface area contributed by atoms with Crippen molar-refractivity contribution in [3.8, 4) is 0 Å². The lowest BCUT2D eigenvalue weighted by atomic mass is 10.2. The Morgan fingerprint density at radius 2 is 2.00 bits per heavy atom. The van der Waals surface area contributed by atoms with Gasteiger partial charge in [0.25, 0.3) is 0 Å². The lowest BCUT2D eigenvalue weighted by Crippen LogP contribution is -2.39. The van der Waals surface area contributed by atoms with E-state index in [1.807, 2.05) is 0 Å². The predicted molar refractivity (Wildman–Crippen MR) is 76.2 cm³/mol. The van der Waals surface area contributed by atoms with Crippen LogP contribution in [-0.4, -0.2) is 36.7 Å². The lowest BCUT2D eigenvalue weighted by molar-refractivity contribution is -0.120. The first-order chi connectivity index (χ1) is 9.73. The molecule has 0 saturated heterocycles. The highest BCUT2D eigenvalue weighted by molar-refractivity contribution is 7.92. The number of hydrogen-bond donors (Lipinski definition) is 2. The third-order valence-corrected chi connectivity index (χ3v) is 5.64. The van der Waals surface area contributed by atoms with E-state index in [4.69, 9.17) is 16.7 Å². The second-order valence-corrected chi connectivity index (χ2v) is 7.59. The molecule has 0 aromatic heterocycles. The predicted octanol–water partition coefficient (Wildman–Crippen LogP) is 1.48. The van der Waals surface area contributed by atoms with Crippen molar-refractivity contribution in [2.45, 2.75) is 36.0 Å². The van der Waals surface area contributed by atoms with Crippen LogP contribution in [0.25, 0.3) is 0 Å². The molecule has 21 heavy (non-hydrogen) atoms. The second-order valence-electron chi connectivity index (χ2n) is 4.92. The molecule has 1 amide bonds. The highest BCUT2D eigenvalue weighted by Crippen LogP contribution is 2.24. The molecule has 2 rings (SSSR count). The summed E-state index contributed by atoms with van der Waals surface area (Å²) >= 11 is 5.71. The van der Waals surface area contributed by atoms with Crippen LogP contribution in [-0.2, 0) is 14.6 Å². The Bertz CT molecular complexity index is 697. The van der Waals surface area contributed by atoms with Crippen molar-refractivity contribution in [3.63, 3.8) is 0 Å². The third kappa shape index (κ3) is 3.36. The van der Waals surface area contributed by atoms with Crippen LogP contribution < -0.4 is 5.32 Å². The van der Waals surface area contributed by atoms with Gasteiger partial charge in [-0.1, -0.05) is 11.6 Å². The zero-order valence-electron chi connectivity index (χ0n) is 11.2. The fraction of sp³-hybridized carbons (Fsp3) is 0.385. The maximum Gasteiger partial charge on any atom is 0.337 e. The summed E-state index contributed by atoms with van der Waals surface area (Å²) in [7, 11) is -3.96. The normalized spacial score (nSPS) is 16.3. The number of nitrogens with one attached hydrogen (secondary N) is 1. The van der Waals surface area contributed by atoms with Gasteiger partial charge in [0.2, 0.25) is 5.91 Å². The summed E-state index contributed by atoms with van der Waals surface area (Å²) in [5.74, 6) is -1.91. The maximum absolute atomic E-state index is 12.4.